The average molecular weight is 293 g/mol. The van der Waals surface area contributed by atoms with Gasteiger partial charge < -0.3 is 10.0 Å². The van der Waals surface area contributed by atoms with Gasteiger partial charge in [-0.05, 0) is 18.4 Å². The maximum atomic E-state index is 12.2. The number of carboxylic acids is 1. The molecule has 1 aromatic carbocycles. The van der Waals surface area contributed by atoms with Gasteiger partial charge in [0.2, 0.25) is 0 Å². The fourth-order valence-corrected chi connectivity index (χ4v) is 2.05. The zero-order valence-corrected chi connectivity index (χ0v) is 11.8. The zero-order valence-electron chi connectivity index (χ0n) is 11.0. The number of carboxylic acid groups (broad SMARTS) is 1. The molecular formula is C14H13ClN2O3. The Balaban J connectivity index is 2.43. The average Bonchev–Trinajstić information content (AvgIpc) is 2.44. The van der Waals surface area contributed by atoms with Crippen LogP contribution < -0.4 is 0 Å². The summed E-state index contributed by atoms with van der Waals surface area (Å²) in [5.41, 5.74) is 0.129. The van der Waals surface area contributed by atoms with Gasteiger partial charge in [-0.25, -0.2) is 9.78 Å². The molecular weight excluding hydrogens is 280 g/mol. The lowest BCUT2D eigenvalue weighted by molar-refractivity contribution is -0.141. The molecule has 0 aliphatic heterocycles. The third-order valence-corrected chi connectivity index (χ3v) is 3.46. The number of benzene rings is 1. The molecule has 20 heavy (non-hydrogen) atoms. The number of halogens is 1. The van der Waals surface area contributed by atoms with Gasteiger partial charge in [-0.3, -0.25) is 4.79 Å². The molecule has 0 aliphatic carbocycles. The van der Waals surface area contributed by atoms with Crippen molar-refractivity contribution in [3.8, 4) is 0 Å². The maximum Gasteiger partial charge on any atom is 0.326 e. The van der Waals surface area contributed by atoms with Crippen molar-refractivity contribution in [2.75, 3.05) is 7.05 Å². The Bertz CT molecular complexity index is 687. The van der Waals surface area contributed by atoms with E-state index in [1.54, 1.807) is 6.07 Å². The van der Waals surface area contributed by atoms with Gasteiger partial charge in [-0.1, -0.05) is 35.9 Å². The molecule has 1 aromatic heterocycles. The highest BCUT2D eigenvalue weighted by Crippen LogP contribution is 2.23. The fraction of sp³-hybridized carbons (Fsp3) is 0.214. The van der Waals surface area contributed by atoms with Crippen LogP contribution in [-0.4, -0.2) is 40.0 Å². The second-order valence-electron chi connectivity index (χ2n) is 4.45. The number of carbonyl (C=O) groups is 2. The first-order valence-electron chi connectivity index (χ1n) is 5.97. The number of fused-ring (bicyclic) bond motifs is 1. The van der Waals surface area contributed by atoms with Crippen molar-refractivity contribution < 1.29 is 14.7 Å². The minimum absolute atomic E-state index is 0.129. The molecule has 1 heterocycles. The predicted octanol–water partition coefficient (Wildman–Crippen LogP) is 2.43. The highest BCUT2D eigenvalue weighted by Gasteiger charge is 2.24. The quantitative estimate of drug-likeness (QED) is 0.882. The van der Waals surface area contributed by atoms with Crippen molar-refractivity contribution >= 4 is 34.2 Å². The summed E-state index contributed by atoms with van der Waals surface area (Å²) in [5, 5.41) is 10.7. The molecule has 1 N–H and O–H groups in total. The van der Waals surface area contributed by atoms with E-state index < -0.39 is 17.9 Å². The lowest BCUT2D eigenvalue weighted by Gasteiger charge is -2.21. The molecule has 1 amide bonds. The smallest absolute Gasteiger partial charge is 0.326 e. The number of aliphatic carboxylic acids is 1. The molecule has 0 spiro atoms. The first-order valence-corrected chi connectivity index (χ1v) is 6.35. The minimum Gasteiger partial charge on any atom is -0.480 e. The van der Waals surface area contributed by atoms with Crippen molar-refractivity contribution in [2.45, 2.75) is 13.0 Å². The van der Waals surface area contributed by atoms with Crippen LogP contribution in [0.4, 0.5) is 0 Å². The fourth-order valence-electron chi connectivity index (χ4n) is 1.79. The summed E-state index contributed by atoms with van der Waals surface area (Å²) >= 11 is 6.05. The van der Waals surface area contributed by atoms with Crippen LogP contribution in [-0.2, 0) is 4.79 Å². The Morgan fingerprint density at radius 2 is 2.00 bits per heavy atom. The number of likely N-dealkylation sites (N-methyl/N-ethyl adjacent to an activating group) is 1. The van der Waals surface area contributed by atoms with E-state index in [1.165, 1.54) is 14.0 Å². The Kier molecular flexibility index (Phi) is 3.90. The Hall–Kier alpha value is -2.14. The molecule has 0 fully saturated rings. The number of hydrogen-bond acceptors (Lipinski definition) is 3. The number of pyridine rings is 1. The van der Waals surface area contributed by atoms with Crippen molar-refractivity contribution in [1.82, 2.24) is 9.88 Å². The second-order valence-corrected chi connectivity index (χ2v) is 4.81. The first kappa shape index (κ1) is 14.3. The third-order valence-electron chi connectivity index (χ3n) is 3.17. The molecule has 0 bridgehead atoms. The number of amides is 1. The summed E-state index contributed by atoms with van der Waals surface area (Å²) in [4.78, 5) is 28.3. The molecule has 2 aromatic rings. The van der Waals surface area contributed by atoms with E-state index in [0.29, 0.717) is 0 Å². The topological polar surface area (TPSA) is 70.5 Å². The normalized spacial score (nSPS) is 12.2. The molecule has 0 aliphatic rings. The van der Waals surface area contributed by atoms with Crippen LogP contribution in [0.1, 0.15) is 17.4 Å². The Morgan fingerprint density at radius 1 is 1.35 bits per heavy atom. The summed E-state index contributed by atoms with van der Waals surface area (Å²) in [5.74, 6) is -1.56. The lowest BCUT2D eigenvalue weighted by atomic mass is 10.1. The molecule has 2 rings (SSSR count). The monoisotopic (exact) mass is 292 g/mol. The van der Waals surface area contributed by atoms with E-state index >= 15 is 0 Å². The predicted molar refractivity (Wildman–Crippen MR) is 75.9 cm³/mol. The van der Waals surface area contributed by atoms with E-state index in [1.807, 2.05) is 24.3 Å². The third kappa shape index (κ3) is 2.58. The van der Waals surface area contributed by atoms with Gasteiger partial charge in [-0.2, -0.15) is 0 Å². The number of carbonyl (C=O) groups excluding carboxylic acids is 1. The van der Waals surface area contributed by atoms with E-state index in [4.69, 9.17) is 16.7 Å². The molecule has 5 nitrogen and oxygen atoms in total. The summed E-state index contributed by atoms with van der Waals surface area (Å²) in [7, 11) is 1.42. The Morgan fingerprint density at radius 3 is 2.65 bits per heavy atom. The summed E-state index contributed by atoms with van der Waals surface area (Å²) < 4.78 is 0. The maximum absolute atomic E-state index is 12.2. The van der Waals surface area contributed by atoms with Gasteiger partial charge in [0.05, 0.1) is 0 Å². The number of hydrogen-bond donors (Lipinski definition) is 1. The van der Waals surface area contributed by atoms with E-state index in [2.05, 4.69) is 4.98 Å². The van der Waals surface area contributed by atoms with Crippen LogP contribution in [0.25, 0.3) is 10.8 Å². The zero-order chi connectivity index (χ0) is 14.9. The number of aromatic nitrogens is 1. The molecule has 6 heteroatoms. The first-order chi connectivity index (χ1) is 9.41. The SMILES string of the molecule is CC(C(=O)O)N(C)C(=O)c1cc2ccccc2c(Cl)n1. The van der Waals surface area contributed by atoms with Gasteiger partial charge >= 0.3 is 5.97 Å². The van der Waals surface area contributed by atoms with Crippen LogP contribution in [0.2, 0.25) is 5.15 Å². The molecule has 0 saturated heterocycles. The number of rotatable bonds is 3. The lowest BCUT2D eigenvalue weighted by Crippen LogP contribution is -2.40. The van der Waals surface area contributed by atoms with Crippen LogP contribution in [0.15, 0.2) is 30.3 Å². The van der Waals surface area contributed by atoms with E-state index in [-0.39, 0.29) is 10.8 Å². The van der Waals surface area contributed by atoms with Gasteiger partial charge in [0.15, 0.2) is 0 Å². The highest BCUT2D eigenvalue weighted by molar-refractivity contribution is 6.34. The van der Waals surface area contributed by atoms with Gasteiger partial charge in [0, 0.05) is 12.4 Å². The van der Waals surface area contributed by atoms with Gasteiger partial charge in [0.25, 0.3) is 5.91 Å². The molecule has 1 unspecified atom stereocenters. The molecule has 104 valence electrons. The van der Waals surface area contributed by atoms with Crippen molar-refractivity contribution in [3.05, 3.63) is 41.2 Å². The van der Waals surface area contributed by atoms with Crippen LogP contribution >= 0.6 is 11.6 Å². The largest absolute Gasteiger partial charge is 0.480 e. The summed E-state index contributed by atoms with van der Waals surface area (Å²) in [6.07, 6.45) is 0. The number of nitrogens with zero attached hydrogens (tertiary/aromatic N) is 2. The summed E-state index contributed by atoms with van der Waals surface area (Å²) in [6, 6.07) is 7.96. The van der Waals surface area contributed by atoms with Crippen LogP contribution in [0.3, 0.4) is 0 Å². The van der Waals surface area contributed by atoms with E-state index in [0.717, 1.165) is 15.7 Å². The van der Waals surface area contributed by atoms with Crippen molar-refractivity contribution in [2.24, 2.45) is 0 Å². The standard InChI is InChI=1S/C14H13ClN2O3/c1-8(14(19)20)17(2)13(18)11-7-9-5-3-4-6-10(9)12(15)16-11/h3-8H,1-2H3,(H,19,20). The second kappa shape index (κ2) is 5.46. The van der Waals surface area contributed by atoms with Gasteiger partial charge in [0.1, 0.15) is 16.9 Å². The summed E-state index contributed by atoms with van der Waals surface area (Å²) in [6.45, 7) is 1.43. The van der Waals surface area contributed by atoms with Crippen LogP contribution in [0.5, 0.6) is 0 Å². The minimum atomic E-state index is -1.08. The van der Waals surface area contributed by atoms with E-state index in [9.17, 15) is 9.59 Å². The Labute approximate surface area is 120 Å². The van der Waals surface area contributed by atoms with Crippen molar-refractivity contribution in [3.63, 3.8) is 0 Å². The highest BCUT2D eigenvalue weighted by atomic mass is 35.5. The molecule has 0 radical (unpaired) electrons. The molecule has 1 atom stereocenters. The van der Waals surface area contributed by atoms with Crippen LogP contribution in [0, 0.1) is 0 Å². The molecule has 0 saturated carbocycles. The van der Waals surface area contributed by atoms with Crippen molar-refractivity contribution in [1.29, 1.82) is 0 Å². The van der Waals surface area contributed by atoms with Gasteiger partial charge in [-0.15, -0.1) is 0 Å².